The van der Waals surface area contributed by atoms with Gasteiger partial charge in [0.25, 0.3) is 5.91 Å². The summed E-state index contributed by atoms with van der Waals surface area (Å²) >= 11 is 0. The van der Waals surface area contributed by atoms with Gasteiger partial charge < -0.3 is 5.32 Å². The van der Waals surface area contributed by atoms with Crippen molar-refractivity contribution in [3.8, 4) is 0 Å². The molecule has 0 aromatic carbocycles. The molecule has 1 atom stereocenters. The van der Waals surface area contributed by atoms with Crippen LogP contribution in [0.3, 0.4) is 0 Å². The van der Waals surface area contributed by atoms with Gasteiger partial charge in [-0.3, -0.25) is 9.59 Å². The van der Waals surface area contributed by atoms with Crippen molar-refractivity contribution >= 4 is 33.2 Å². The number of nitrogens with zero attached hydrogens (tertiary/aromatic N) is 3. The van der Waals surface area contributed by atoms with E-state index in [1.165, 1.54) is 5.01 Å². The summed E-state index contributed by atoms with van der Waals surface area (Å²) < 4.78 is 23.1. The molecule has 1 saturated heterocycles. The van der Waals surface area contributed by atoms with Gasteiger partial charge in [0.2, 0.25) is 5.91 Å². The Morgan fingerprint density at radius 2 is 2.13 bits per heavy atom. The lowest BCUT2D eigenvalue weighted by molar-refractivity contribution is -0.133. The van der Waals surface area contributed by atoms with Crippen molar-refractivity contribution in [2.45, 2.75) is 25.3 Å². The molecular formula is C14H16N4O4S. The maximum Gasteiger partial charge on any atom is 0.273 e. The Morgan fingerprint density at radius 3 is 2.78 bits per heavy atom. The molecule has 9 heteroatoms. The summed E-state index contributed by atoms with van der Waals surface area (Å²) in [6.45, 7) is 0. The van der Waals surface area contributed by atoms with E-state index in [2.05, 4.69) is 15.4 Å². The third-order valence-electron chi connectivity index (χ3n) is 3.78. The quantitative estimate of drug-likeness (QED) is 0.847. The van der Waals surface area contributed by atoms with Crippen LogP contribution in [0, 0.1) is 0 Å². The van der Waals surface area contributed by atoms with Crippen LogP contribution < -0.4 is 5.32 Å². The molecule has 8 nitrogen and oxygen atoms in total. The highest BCUT2D eigenvalue weighted by Crippen LogP contribution is 2.22. The molecule has 0 radical (unpaired) electrons. The molecule has 2 aliphatic heterocycles. The standard InChI is InChI=1S/C14H16N4O4S/c19-13-5-4-11(14(20)16-12-3-1-2-7-15-12)17-18(13)10-6-8-23(21,22)9-10/h1-3,7,10H,4-6,8-9H2,(H,15,16,20)/t10-/m1/s1. The Kier molecular flexibility index (Phi) is 4.12. The topological polar surface area (TPSA) is 109 Å². The number of hydrogen-bond donors (Lipinski definition) is 1. The highest BCUT2D eigenvalue weighted by Gasteiger charge is 2.37. The van der Waals surface area contributed by atoms with E-state index in [1.807, 2.05) is 0 Å². The fraction of sp³-hybridized carbons (Fsp3) is 0.429. The summed E-state index contributed by atoms with van der Waals surface area (Å²) in [7, 11) is -3.13. The zero-order chi connectivity index (χ0) is 16.4. The number of pyridine rings is 1. The summed E-state index contributed by atoms with van der Waals surface area (Å²) in [4.78, 5) is 28.2. The SMILES string of the molecule is O=C(Nc1ccccn1)C1=NN([C@@H]2CCS(=O)(=O)C2)C(=O)CC1. The molecule has 23 heavy (non-hydrogen) atoms. The lowest BCUT2D eigenvalue weighted by atomic mass is 10.1. The van der Waals surface area contributed by atoms with Gasteiger partial charge in [-0.05, 0) is 18.6 Å². The van der Waals surface area contributed by atoms with Crippen molar-refractivity contribution in [3.63, 3.8) is 0 Å². The van der Waals surface area contributed by atoms with Crippen LogP contribution in [0.25, 0.3) is 0 Å². The molecular weight excluding hydrogens is 320 g/mol. The van der Waals surface area contributed by atoms with Crippen LogP contribution >= 0.6 is 0 Å². The van der Waals surface area contributed by atoms with Crippen molar-refractivity contribution in [1.82, 2.24) is 9.99 Å². The van der Waals surface area contributed by atoms with Gasteiger partial charge in [0.15, 0.2) is 9.84 Å². The minimum atomic E-state index is -3.13. The van der Waals surface area contributed by atoms with E-state index in [1.54, 1.807) is 24.4 Å². The average molecular weight is 336 g/mol. The number of rotatable bonds is 3. The number of hydrogen-bond acceptors (Lipinski definition) is 6. The summed E-state index contributed by atoms with van der Waals surface area (Å²) in [5, 5.41) is 7.89. The molecule has 0 bridgehead atoms. The predicted molar refractivity (Wildman–Crippen MR) is 83.4 cm³/mol. The Balaban J connectivity index is 1.76. The molecule has 1 N–H and O–H groups in total. The van der Waals surface area contributed by atoms with E-state index >= 15 is 0 Å². The molecule has 1 aromatic rings. The second-order valence-corrected chi connectivity index (χ2v) is 7.74. The molecule has 2 aliphatic rings. The summed E-state index contributed by atoms with van der Waals surface area (Å²) in [5.41, 5.74) is 0.208. The normalized spacial score (nSPS) is 23.5. The third-order valence-corrected chi connectivity index (χ3v) is 5.53. The highest BCUT2D eigenvalue weighted by atomic mass is 32.2. The Bertz CT molecular complexity index is 760. The molecule has 3 rings (SSSR count). The van der Waals surface area contributed by atoms with E-state index in [4.69, 9.17) is 0 Å². The zero-order valence-electron chi connectivity index (χ0n) is 12.3. The van der Waals surface area contributed by atoms with Gasteiger partial charge in [0, 0.05) is 19.0 Å². The summed E-state index contributed by atoms with van der Waals surface area (Å²) in [6, 6.07) is 4.64. The first kappa shape index (κ1) is 15.6. The molecule has 0 aliphatic carbocycles. The van der Waals surface area contributed by atoms with Gasteiger partial charge in [0.1, 0.15) is 11.5 Å². The number of sulfone groups is 1. The molecule has 0 unspecified atom stereocenters. The Hall–Kier alpha value is -2.29. The van der Waals surface area contributed by atoms with Gasteiger partial charge >= 0.3 is 0 Å². The maximum absolute atomic E-state index is 12.2. The highest BCUT2D eigenvalue weighted by molar-refractivity contribution is 7.91. The summed E-state index contributed by atoms with van der Waals surface area (Å²) in [6.07, 6.45) is 2.28. The third kappa shape index (κ3) is 3.55. The number of anilines is 1. The van der Waals surface area contributed by atoms with E-state index in [-0.39, 0.29) is 36.0 Å². The van der Waals surface area contributed by atoms with E-state index < -0.39 is 21.8 Å². The minimum Gasteiger partial charge on any atom is -0.305 e. The number of amides is 2. The van der Waals surface area contributed by atoms with Gasteiger partial charge in [0.05, 0.1) is 17.5 Å². The monoisotopic (exact) mass is 336 g/mol. The molecule has 2 amide bonds. The van der Waals surface area contributed by atoms with Crippen molar-refractivity contribution in [2.24, 2.45) is 5.10 Å². The number of nitrogens with one attached hydrogen (secondary N) is 1. The fourth-order valence-electron chi connectivity index (χ4n) is 2.61. The second-order valence-electron chi connectivity index (χ2n) is 5.51. The van der Waals surface area contributed by atoms with Crippen LogP contribution in [0.15, 0.2) is 29.5 Å². The van der Waals surface area contributed by atoms with Crippen LogP contribution in [0.5, 0.6) is 0 Å². The number of carbonyl (C=O) groups is 2. The molecule has 1 aromatic heterocycles. The first-order valence-corrected chi connectivity index (χ1v) is 9.09. The summed E-state index contributed by atoms with van der Waals surface area (Å²) in [5.74, 6) is -0.334. The van der Waals surface area contributed by atoms with Crippen molar-refractivity contribution in [3.05, 3.63) is 24.4 Å². The molecule has 1 fully saturated rings. The Labute approximate surface area is 133 Å². The fourth-order valence-corrected chi connectivity index (χ4v) is 4.31. The Morgan fingerprint density at radius 1 is 1.30 bits per heavy atom. The largest absolute Gasteiger partial charge is 0.305 e. The van der Waals surface area contributed by atoms with Crippen LogP contribution in [0.1, 0.15) is 19.3 Å². The lowest BCUT2D eigenvalue weighted by Crippen LogP contribution is -2.42. The van der Waals surface area contributed by atoms with E-state index in [0.29, 0.717) is 12.2 Å². The van der Waals surface area contributed by atoms with Crippen LogP contribution in [-0.4, -0.2) is 53.5 Å². The minimum absolute atomic E-state index is 0.0480. The predicted octanol–water partition coefficient (Wildman–Crippen LogP) is 0.186. The van der Waals surface area contributed by atoms with Crippen molar-refractivity contribution in [2.75, 3.05) is 16.8 Å². The van der Waals surface area contributed by atoms with Gasteiger partial charge in [-0.15, -0.1) is 0 Å². The number of aromatic nitrogens is 1. The van der Waals surface area contributed by atoms with Crippen LogP contribution in [0.2, 0.25) is 0 Å². The smallest absolute Gasteiger partial charge is 0.273 e. The van der Waals surface area contributed by atoms with Crippen LogP contribution in [0.4, 0.5) is 5.82 Å². The molecule has 0 spiro atoms. The number of carbonyl (C=O) groups excluding carboxylic acids is 2. The van der Waals surface area contributed by atoms with E-state index in [0.717, 1.165) is 0 Å². The van der Waals surface area contributed by atoms with Gasteiger partial charge in [-0.1, -0.05) is 6.07 Å². The van der Waals surface area contributed by atoms with Crippen LogP contribution in [-0.2, 0) is 19.4 Å². The zero-order valence-corrected chi connectivity index (χ0v) is 13.1. The number of hydrazone groups is 1. The first-order valence-electron chi connectivity index (χ1n) is 7.27. The first-order chi connectivity index (χ1) is 10.9. The van der Waals surface area contributed by atoms with Crippen molar-refractivity contribution < 1.29 is 18.0 Å². The second kappa shape index (κ2) is 6.07. The van der Waals surface area contributed by atoms with Crippen molar-refractivity contribution in [1.29, 1.82) is 0 Å². The lowest BCUT2D eigenvalue weighted by Gasteiger charge is -2.27. The van der Waals surface area contributed by atoms with Gasteiger partial charge in [-0.25, -0.2) is 18.4 Å². The molecule has 122 valence electrons. The molecule has 0 saturated carbocycles. The maximum atomic E-state index is 12.2. The average Bonchev–Trinajstić information content (AvgIpc) is 2.88. The van der Waals surface area contributed by atoms with E-state index in [9.17, 15) is 18.0 Å². The molecule has 3 heterocycles. The van der Waals surface area contributed by atoms with Gasteiger partial charge in [-0.2, -0.15) is 5.10 Å².